The highest BCUT2D eigenvalue weighted by Crippen LogP contribution is 2.22. The van der Waals surface area contributed by atoms with Crippen molar-refractivity contribution in [3.8, 4) is 5.13 Å². The van der Waals surface area contributed by atoms with Crippen molar-refractivity contribution in [1.82, 2.24) is 19.7 Å². The van der Waals surface area contributed by atoms with Gasteiger partial charge in [-0.15, -0.1) is 0 Å². The van der Waals surface area contributed by atoms with E-state index in [2.05, 4.69) is 28.3 Å². The van der Waals surface area contributed by atoms with E-state index in [9.17, 15) is 4.79 Å². The summed E-state index contributed by atoms with van der Waals surface area (Å²) in [5.41, 5.74) is 2.00. The molecule has 0 atom stereocenters. The molecule has 0 amide bonds. The van der Waals surface area contributed by atoms with Gasteiger partial charge in [0.1, 0.15) is 0 Å². The van der Waals surface area contributed by atoms with Gasteiger partial charge in [-0.25, -0.2) is 4.98 Å². The maximum atomic E-state index is 13.0. The van der Waals surface area contributed by atoms with Crippen LogP contribution in [0.2, 0.25) is 0 Å². The molecule has 4 aromatic rings. The number of fused-ring (bicyclic) bond motifs is 1. The van der Waals surface area contributed by atoms with Crippen molar-refractivity contribution in [2.24, 2.45) is 0 Å². The van der Waals surface area contributed by atoms with Gasteiger partial charge in [0.25, 0.3) is 5.56 Å². The number of thiazole rings is 1. The van der Waals surface area contributed by atoms with Gasteiger partial charge in [0.2, 0.25) is 5.13 Å². The van der Waals surface area contributed by atoms with E-state index in [-0.39, 0.29) is 5.56 Å². The summed E-state index contributed by atoms with van der Waals surface area (Å²) in [6.07, 6.45) is 4.64. The van der Waals surface area contributed by atoms with Crippen molar-refractivity contribution in [1.29, 1.82) is 0 Å². The first-order valence-electron chi connectivity index (χ1n) is 8.71. The van der Waals surface area contributed by atoms with Crippen molar-refractivity contribution in [3.63, 3.8) is 0 Å². The predicted octanol–water partition coefficient (Wildman–Crippen LogP) is 2.10. The molecule has 0 bridgehead atoms. The average Bonchev–Trinajstić information content (AvgIpc) is 3.22. The molecule has 0 saturated heterocycles. The van der Waals surface area contributed by atoms with Gasteiger partial charge in [0.15, 0.2) is 0 Å². The van der Waals surface area contributed by atoms with Crippen molar-refractivity contribution >= 4 is 33.8 Å². The fourth-order valence-corrected chi connectivity index (χ4v) is 3.86. The average molecular weight is 376 g/mol. The molecule has 0 aliphatic heterocycles. The molecule has 5 nitrogen and oxygen atoms in total. The summed E-state index contributed by atoms with van der Waals surface area (Å²) >= 11 is 1.50. The lowest BCUT2D eigenvalue weighted by molar-refractivity contribution is 0.613. The lowest BCUT2D eigenvalue weighted by atomic mass is 10.1. The van der Waals surface area contributed by atoms with Crippen molar-refractivity contribution in [2.45, 2.75) is 6.42 Å². The number of H-pyrrole nitrogens is 1. The Morgan fingerprint density at radius 2 is 1.85 bits per heavy atom. The molecule has 0 radical (unpaired) electrons. The van der Waals surface area contributed by atoms with Gasteiger partial charge < -0.3 is 4.90 Å². The standard InChI is InChI=1S/C21H20N4OS/c1-24(2)14-16-17(13-12-15-8-4-3-5-9-15)23-25(20(16)26)21-22-18-10-6-7-11-19(18)27-21/h3-11,13-14,23H,12H2,1-2H3/b16-14?,17-13-. The second-order valence-electron chi connectivity index (χ2n) is 6.53. The molecule has 0 saturated carbocycles. The molecule has 6 heteroatoms. The predicted molar refractivity (Wildman–Crippen MR) is 112 cm³/mol. The Hall–Kier alpha value is -3.12. The quantitative estimate of drug-likeness (QED) is 0.593. The minimum absolute atomic E-state index is 0.0953. The van der Waals surface area contributed by atoms with Crippen LogP contribution in [0.3, 0.4) is 0 Å². The number of hydrogen-bond donors (Lipinski definition) is 1. The summed E-state index contributed by atoms with van der Waals surface area (Å²) in [5.74, 6) is 0. The Morgan fingerprint density at radius 3 is 2.59 bits per heavy atom. The summed E-state index contributed by atoms with van der Waals surface area (Å²) in [7, 11) is 3.82. The first-order chi connectivity index (χ1) is 13.1. The van der Waals surface area contributed by atoms with E-state index in [1.165, 1.54) is 21.6 Å². The Labute approximate surface area is 160 Å². The van der Waals surface area contributed by atoms with E-state index in [4.69, 9.17) is 0 Å². The number of aromatic amines is 1. The second-order valence-corrected chi connectivity index (χ2v) is 7.54. The lowest BCUT2D eigenvalue weighted by Crippen LogP contribution is -2.36. The van der Waals surface area contributed by atoms with Gasteiger partial charge in [-0.2, -0.15) is 4.68 Å². The van der Waals surface area contributed by atoms with Gasteiger partial charge in [-0.3, -0.25) is 9.89 Å². The summed E-state index contributed by atoms with van der Waals surface area (Å²) in [4.78, 5) is 19.5. The highest BCUT2D eigenvalue weighted by atomic mass is 32.1. The molecular formula is C21H20N4OS. The maximum Gasteiger partial charge on any atom is 0.282 e. The topological polar surface area (TPSA) is 53.9 Å². The molecule has 2 heterocycles. The van der Waals surface area contributed by atoms with Gasteiger partial charge in [-0.05, 0) is 24.1 Å². The van der Waals surface area contributed by atoms with E-state index in [1.54, 1.807) is 0 Å². The molecular weight excluding hydrogens is 356 g/mol. The first-order valence-corrected chi connectivity index (χ1v) is 9.53. The SMILES string of the molecule is CN(C)C=c1c(=O)n(-c2nc3ccccc3s2)[nH]/c1=C\Cc1ccccc1. The largest absolute Gasteiger partial charge is 0.383 e. The minimum Gasteiger partial charge on any atom is -0.383 e. The van der Waals surface area contributed by atoms with E-state index in [0.717, 1.165) is 22.0 Å². The van der Waals surface area contributed by atoms with Gasteiger partial charge in [0.05, 0.1) is 20.8 Å². The summed E-state index contributed by atoms with van der Waals surface area (Å²) in [5, 5.41) is 5.33. The van der Waals surface area contributed by atoms with Crippen LogP contribution >= 0.6 is 11.3 Å². The van der Waals surface area contributed by atoms with Gasteiger partial charge in [0, 0.05) is 20.3 Å². The highest BCUT2D eigenvalue weighted by Gasteiger charge is 2.10. The van der Waals surface area contributed by atoms with Crippen LogP contribution in [-0.2, 0) is 6.42 Å². The Morgan fingerprint density at radius 1 is 1.11 bits per heavy atom. The zero-order valence-corrected chi connectivity index (χ0v) is 16.0. The van der Waals surface area contributed by atoms with Crippen LogP contribution in [0, 0.1) is 0 Å². The third-order valence-electron chi connectivity index (χ3n) is 4.20. The highest BCUT2D eigenvalue weighted by molar-refractivity contribution is 7.20. The van der Waals surface area contributed by atoms with E-state index >= 15 is 0 Å². The van der Waals surface area contributed by atoms with Gasteiger partial charge in [-0.1, -0.05) is 59.9 Å². The molecule has 2 aromatic heterocycles. The lowest BCUT2D eigenvalue weighted by Gasteiger charge is -2.00. The first kappa shape index (κ1) is 17.3. The van der Waals surface area contributed by atoms with Crippen LogP contribution in [0.5, 0.6) is 0 Å². The molecule has 0 aliphatic carbocycles. The third-order valence-corrected chi connectivity index (χ3v) is 5.22. The number of hydrogen-bond acceptors (Lipinski definition) is 4. The molecule has 0 fully saturated rings. The van der Waals surface area contributed by atoms with E-state index in [0.29, 0.717) is 10.4 Å². The third kappa shape index (κ3) is 3.57. The summed E-state index contributed by atoms with van der Waals surface area (Å²) in [6, 6.07) is 18.1. The molecule has 2 aromatic carbocycles. The molecule has 0 aliphatic rings. The van der Waals surface area contributed by atoms with Gasteiger partial charge >= 0.3 is 0 Å². The number of para-hydroxylation sites is 1. The summed E-state index contributed by atoms with van der Waals surface area (Å²) < 4.78 is 2.60. The molecule has 27 heavy (non-hydrogen) atoms. The van der Waals surface area contributed by atoms with Crippen LogP contribution in [0.4, 0.5) is 0 Å². The smallest absolute Gasteiger partial charge is 0.282 e. The monoisotopic (exact) mass is 376 g/mol. The zero-order valence-electron chi connectivity index (χ0n) is 15.2. The Balaban J connectivity index is 1.86. The van der Waals surface area contributed by atoms with Crippen LogP contribution < -0.4 is 16.1 Å². The van der Waals surface area contributed by atoms with Crippen LogP contribution in [-0.4, -0.2) is 33.8 Å². The van der Waals surface area contributed by atoms with E-state index < -0.39 is 0 Å². The molecule has 136 valence electrons. The minimum atomic E-state index is -0.0953. The van der Waals surface area contributed by atoms with Crippen LogP contribution in [0.15, 0.2) is 59.4 Å². The number of aromatic nitrogens is 3. The maximum absolute atomic E-state index is 13.0. The van der Waals surface area contributed by atoms with Crippen molar-refractivity contribution in [2.75, 3.05) is 14.1 Å². The van der Waals surface area contributed by atoms with Crippen molar-refractivity contribution < 1.29 is 0 Å². The molecule has 1 N–H and O–H groups in total. The molecule has 4 rings (SSSR count). The Bertz CT molecular complexity index is 1220. The fourth-order valence-electron chi connectivity index (χ4n) is 2.93. The van der Waals surface area contributed by atoms with Crippen LogP contribution in [0.25, 0.3) is 27.6 Å². The van der Waals surface area contributed by atoms with Crippen molar-refractivity contribution in [3.05, 3.63) is 81.1 Å². The second kappa shape index (κ2) is 7.25. The molecule has 0 unspecified atom stereocenters. The number of nitrogens with one attached hydrogen (secondary N) is 1. The summed E-state index contributed by atoms with van der Waals surface area (Å²) in [6.45, 7) is 0. The van der Waals surface area contributed by atoms with E-state index in [1.807, 2.05) is 67.7 Å². The number of rotatable bonds is 4. The zero-order chi connectivity index (χ0) is 18.8. The van der Waals surface area contributed by atoms with Crippen LogP contribution in [0.1, 0.15) is 5.56 Å². The fraction of sp³-hybridized carbons (Fsp3) is 0.143. The molecule has 0 spiro atoms. The normalized spacial score (nSPS) is 12.8. The number of benzene rings is 2. The number of nitrogens with zero attached hydrogens (tertiary/aromatic N) is 3. The Kier molecular flexibility index (Phi) is 4.64.